The van der Waals surface area contributed by atoms with Gasteiger partial charge in [-0.2, -0.15) is 31.6 Å². The van der Waals surface area contributed by atoms with Crippen LogP contribution in [-0.2, 0) is 68.0 Å². The summed E-state index contributed by atoms with van der Waals surface area (Å²) in [5.41, 5.74) is 7.65. The van der Waals surface area contributed by atoms with Crippen molar-refractivity contribution in [3.63, 3.8) is 0 Å². The second-order valence-electron chi connectivity index (χ2n) is 21.4. The molecule has 1 aliphatic carbocycles. The van der Waals surface area contributed by atoms with Gasteiger partial charge in [-0.3, -0.25) is 24.1 Å². The Hall–Kier alpha value is -5.96. The summed E-state index contributed by atoms with van der Waals surface area (Å²) in [6, 6.07) is 17.6. The van der Waals surface area contributed by atoms with Gasteiger partial charge < -0.3 is 19.0 Å². The van der Waals surface area contributed by atoms with Crippen LogP contribution in [0.1, 0.15) is 114 Å². The van der Waals surface area contributed by atoms with Gasteiger partial charge >= 0.3 is 18.1 Å². The summed E-state index contributed by atoms with van der Waals surface area (Å²) < 4.78 is 92.2. The highest BCUT2D eigenvalue weighted by molar-refractivity contribution is 5.84. The van der Waals surface area contributed by atoms with E-state index in [-0.39, 0.29) is 30.0 Å². The summed E-state index contributed by atoms with van der Waals surface area (Å²) in [6.07, 6.45) is -3.33. The predicted octanol–water partition coefficient (Wildman–Crippen LogP) is 10.2. The molecule has 73 heavy (non-hydrogen) atoms. The summed E-state index contributed by atoms with van der Waals surface area (Å²) >= 11 is 0. The van der Waals surface area contributed by atoms with Gasteiger partial charge in [-0.1, -0.05) is 51.6 Å². The molecule has 0 spiro atoms. The number of hydrogen-bond acceptors (Lipinski definition) is 9. The summed E-state index contributed by atoms with van der Waals surface area (Å²) in [4.78, 5) is 38.3. The van der Waals surface area contributed by atoms with Crippen LogP contribution < -0.4 is 5.76 Å². The van der Waals surface area contributed by atoms with Crippen LogP contribution in [0.25, 0.3) is 11.1 Å². The summed E-state index contributed by atoms with van der Waals surface area (Å²) in [5.74, 6) is 0.565. The number of carbonyl (C=O) groups excluding carboxylic acids is 1. The van der Waals surface area contributed by atoms with Crippen LogP contribution in [0.4, 0.5) is 26.3 Å². The smallest absolute Gasteiger partial charge is 0.408 e. The number of alkyl halides is 6. The molecule has 0 saturated carbocycles. The summed E-state index contributed by atoms with van der Waals surface area (Å²) in [7, 11) is 3.18. The molecule has 2 unspecified atom stereocenters. The Morgan fingerprint density at radius 2 is 1.49 bits per heavy atom. The maximum atomic E-state index is 13.9. The molecule has 2 atom stereocenters. The average Bonchev–Trinajstić information content (AvgIpc) is 3.65. The van der Waals surface area contributed by atoms with E-state index in [0.717, 1.165) is 80.7 Å². The molecular weight excluding hydrogens is 949 g/mol. The number of hydrogen-bond donors (Lipinski definition) is 0. The lowest BCUT2D eigenvalue weighted by Gasteiger charge is -2.48. The zero-order valence-corrected chi connectivity index (χ0v) is 42.2. The number of rotatable bonds is 11. The molecule has 2 saturated heterocycles. The standard InChI is InChI=1S/C29H36F3N3.C27H27F3N4O4/c1-19(2)15-28(8-11-34(12-9-28)17-22-5-6-25-20(3)26(25)13-22)21(4)35-10-7-27-23(18-35)14-24(16-33-27)29(30,31)32;1-32-22-9-17(3-4-23(22)38-25(32)36)13-33-8-6-26(15-33,16-37-2)24(35)34-7-5-21-18(12-31)10-20(27(28,29)30)11-19(21)14-34/h5-6,13-14,16,19-20H,4,7-12,15,17-18H2,1-3H3;3-4,9-11H,5-8,13-16H2,1-2H3. The SMILES string of the molecule is C=C(N1CCc2ncc(C(F)(F)F)cc2C1)C1(CC(C)C)CCN(Cc2ccc3c(c2)C3C)CC1.COCC1(C(=O)N2CCc3c(C#N)cc(C(F)(F)F)cc3C2)CCN(Cc2ccc3oc(=O)n(C)c3c2)C1. The van der Waals surface area contributed by atoms with Crippen LogP contribution in [0.3, 0.4) is 0 Å². The lowest BCUT2D eigenvalue weighted by atomic mass is 9.70. The molecule has 10 rings (SSSR count). The maximum absolute atomic E-state index is 13.9. The van der Waals surface area contributed by atoms with Crippen molar-refractivity contribution in [3.8, 4) is 6.07 Å². The monoisotopic (exact) mass is 1010 g/mol. The minimum Gasteiger partial charge on any atom is -0.408 e. The number of nitriles is 1. The number of nitrogens with zero attached hydrogens (tertiary/aromatic N) is 7. The lowest BCUT2D eigenvalue weighted by Crippen LogP contribution is -2.49. The normalized spacial score (nSPS) is 20.8. The van der Waals surface area contributed by atoms with Crippen LogP contribution in [0.2, 0.25) is 0 Å². The number of methoxy groups -OCH3 is 1. The van der Waals surface area contributed by atoms with Gasteiger partial charge in [0, 0.05) is 95.3 Å². The van der Waals surface area contributed by atoms with Gasteiger partial charge in [0.05, 0.1) is 40.3 Å². The van der Waals surface area contributed by atoms with E-state index in [9.17, 15) is 41.2 Å². The Morgan fingerprint density at radius 3 is 2.18 bits per heavy atom. The molecule has 0 bridgehead atoms. The molecule has 388 valence electrons. The van der Waals surface area contributed by atoms with E-state index in [1.54, 1.807) is 18.0 Å². The third kappa shape index (κ3) is 10.7. The minimum atomic E-state index is -4.58. The number of likely N-dealkylation sites (tertiary alicyclic amines) is 2. The fourth-order valence-corrected chi connectivity index (χ4v) is 12.0. The van der Waals surface area contributed by atoms with Crippen molar-refractivity contribution in [2.45, 2.75) is 104 Å². The number of fused-ring (bicyclic) bond motifs is 4. The van der Waals surface area contributed by atoms with Crippen molar-refractivity contribution in [2.24, 2.45) is 23.8 Å². The van der Waals surface area contributed by atoms with Crippen molar-refractivity contribution in [2.75, 3.05) is 53.0 Å². The highest BCUT2D eigenvalue weighted by atomic mass is 19.4. The van der Waals surface area contributed by atoms with E-state index >= 15 is 0 Å². The number of aryl methyl sites for hydroxylation is 1. The molecule has 5 aliphatic rings. The highest BCUT2D eigenvalue weighted by Crippen LogP contribution is 2.47. The Bertz CT molecular complexity index is 3020. The van der Waals surface area contributed by atoms with Gasteiger partial charge in [-0.25, -0.2) is 4.79 Å². The van der Waals surface area contributed by atoms with E-state index in [0.29, 0.717) is 91.6 Å². The van der Waals surface area contributed by atoms with Crippen LogP contribution in [0.15, 0.2) is 82.3 Å². The van der Waals surface area contributed by atoms with Gasteiger partial charge in [0.2, 0.25) is 5.91 Å². The number of aromatic nitrogens is 2. The number of oxazole rings is 1. The lowest BCUT2D eigenvalue weighted by molar-refractivity contribution is -0.145. The summed E-state index contributed by atoms with van der Waals surface area (Å²) in [6.45, 7) is 17.7. The first kappa shape index (κ1) is 51.9. The number of piperidine rings is 1. The van der Waals surface area contributed by atoms with Gasteiger partial charge in [0.25, 0.3) is 0 Å². The molecule has 3 aromatic carbocycles. The Morgan fingerprint density at radius 1 is 0.849 bits per heavy atom. The molecule has 17 heteroatoms. The van der Waals surface area contributed by atoms with Gasteiger partial charge in [0.1, 0.15) is 0 Å². The zero-order valence-electron chi connectivity index (χ0n) is 42.2. The van der Waals surface area contributed by atoms with Gasteiger partial charge in [-0.15, -0.1) is 0 Å². The van der Waals surface area contributed by atoms with Crippen molar-refractivity contribution in [3.05, 3.63) is 145 Å². The van der Waals surface area contributed by atoms with Crippen LogP contribution in [0.5, 0.6) is 0 Å². The van der Waals surface area contributed by atoms with Crippen molar-refractivity contribution in [1.29, 1.82) is 5.26 Å². The van der Waals surface area contributed by atoms with Gasteiger partial charge in [0.15, 0.2) is 5.58 Å². The number of carbonyl (C=O) groups is 1. The quantitative estimate of drug-likeness (QED) is 0.119. The second kappa shape index (κ2) is 20.0. The minimum absolute atomic E-state index is 0.00523. The topological polar surface area (TPSA) is 111 Å². The van der Waals surface area contributed by atoms with Crippen LogP contribution in [-0.4, -0.2) is 88.0 Å². The fraction of sp³-hybridized carbons (Fsp3) is 0.500. The van der Waals surface area contributed by atoms with E-state index in [1.165, 1.54) is 34.4 Å². The molecule has 2 fully saturated rings. The largest absolute Gasteiger partial charge is 0.419 e. The second-order valence-corrected chi connectivity index (χ2v) is 21.4. The molecule has 0 N–H and O–H groups in total. The third-order valence-electron chi connectivity index (χ3n) is 16.0. The molecule has 0 radical (unpaired) electrons. The van der Waals surface area contributed by atoms with Crippen molar-refractivity contribution in [1.82, 2.24) is 29.2 Å². The number of ether oxygens (including phenoxy) is 1. The number of allylic oxidation sites excluding steroid dienone is 1. The maximum Gasteiger partial charge on any atom is 0.419 e. The number of pyridine rings is 1. The first-order valence-electron chi connectivity index (χ1n) is 25.2. The number of amides is 1. The van der Waals surface area contributed by atoms with Crippen molar-refractivity contribution < 1.29 is 40.3 Å². The van der Waals surface area contributed by atoms with E-state index in [4.69, 9.17) is 9.15 Å². The molecule has 1 amide bonds. The molecular formula is C56H63F6N7O4. The first-order valence-corrected chi connectivity index (χ1v) is 25.2. The third-order valence-corrected chi connectivity index (χ3v) is 16.0. The Labute approximate surface area is 422 Å². The molecule has 2 aromatic heterocycles. The number of halogens is 6. The van der Waals surface area contributed by atoms with Crippen molar-refractivity contribution >= 4 is 17.0 Å². The van der Waals surface area contributed by atoms with Crippen LogP contribution in [0, 0.1) is 28.1 Å². The van der Waals surface area contributed by atoms with Crippen LogP contribution >= 0.6 is 0 Å². The Kier molecular flexibility index (Phi) is 14.3. The van der Waals surface area contributed by atoms with E-state index in [2.05, 4.69) is 65.2 Å². The molecule has 4 aliphatic heterocycles. The van der Waals surface area contributed by atoms with E-state index < -0.39 is 34.7 Å². The fourth-order valence-electron chi connectivity index (χ4n) is 12.0. The number of benzene rings is 3. The summed E-state index contributed by atoms with van der Waals surface area (Å²) in [5, 5.41) is 9.43. The highest BCUT2D eigenvalue weighted by Gasteiger charge is 2.48. The average molecular weight is 1010 g/mol. The van der Waals surface area contributed by atoms with Gasteiger partial charge in [-0.05, 0) is 127 Å². The first-order chi connectivity index (χ1) is 34.6. The Balaban J connectivity index is 0.000000180. The molecule has 6 heterocycles. The molecule has 11 nitrogen and oxygen atoms in total. The van der Waals surface area contributed by atoms with E-state index in [1.807, 2.05) is 18.2 Å². The molecule has 5 aromatic rings. The predicted molar refractivity (Wildman–Crippen MR) is 264 cm³/mol. The zero-order chi connectivity index (χ0) is 52.2.